The van der Waals surface area contributed by atoms with Crippen molar-refractivity contribution in [1.29, 1.82) is 0 Å². The van der Waals surface area contributed by atoms with Crippen molar-refractivity contribution in [3.8, 4) is 0 Å². The van der Waals surface area contributed by atoms with Crippen LogP contribution in [0.5, 0.6) is 0 Å². The predicted octanol–water partition coefficient (Wildman–Crippen LogP) is 2.98. The first-order valence-electron chi connectivity index (χ1n) is 6.63. The Labute approximate surface area is 116 Å². The molecule has 0 aromatic carbocycles. The summed E-state index contributed by atoms with van der Waals surface area (Å²) in [6.45, 7) is 5.60. The summed E-state index contributed by atoms with van der Waals surface area (Å²) in [5.74, 6) is 0. The average molecular weight is 279 g/mol. The summed E-state index contributed by atoms with van der Waals surface area (Å²) in [6, 6.07) is 0.118. The lowest BCUT2D eigenvalue weighted by Gasteiger charge is -2.28. The van der Waals surface area contributed by atoms with Crippen molar-refractivity contribution in [2.75, 3.05) is 0 Å². The zero-order valence-corrected chi connectivity index (χ0v) is 12.5. The molecule has 1 aliphatic rings. The minimum Gasteiger partial charge on any atom is -0.444 e. The summed E-state index contributed by atoms with van der Waals surface area (Å²) in [5.41, 5.74) is 5.64. The molecule has 0 aromatic rings. The maximum Gasteiger partial charge on any atom is 0.407 e. The van der Waals surface area contributed by atoms with Gasteiger partial charge in [-0.05, 0) is 33.6 Å². The third kappa shape index (κ3) is 7.07. The molecule has 0 radical (unpaired) electrons. The molecular weight excluding hydrogens is 252 g/mol. The van der Waals surface area contributed by atoms with Crippen molar-refractivity contribution in [3.63, 3.8) is 0 Å². The van der Waals surface area contributed by atoms with E-state index in [-0.39, 0.29) is 30.6 Å². The predicted molar refractivity (Wildman–Crippen MR) is 76.1 cm³/mol. The van der Waals surface area contributed by atoms with E-state index in [1.165, 1.54) is 12.8 Å². The van der Waals surface area contributed by atoms with Crippen LogP contribution in [-0.4, -0.2) is 23.8 Å². The molecule has 1 saturated carbocycles. The minimum atomic E-state index is -0.449. The van der Waals surface area contributed by atoms with Crippen LogP contribution in [0.2, 0.25) is 0 Å². The van der Waals surface area contributed by atoms with Crippen molar-refractivity contribution in [3.05, 3.63) is 0 Å². The van der Waals surface area contributed by atoms with Gasteiger partial charge >= 0.3 is 6.09 Å². The van der Waals surface area contributed by atoms with Crippen molar-refractivity contribution in [1.82, 2.24) is 5.32 Å². The SMILES string of the molecule is CC(C)(C)OC(=O)N[C@@H]1CCCCCC[C@@H]1N.Cl. The maximum absolute atomic E-state index is 11.7. The highest BCUT2D eigenvalue weighted by Gasteiger charge is 2.24. The third-order valence-corrected chi connectivity index (χ3v) is 3.02. The Morgan fingerprint density at radius 3 is 2.28 bits per heavy atom. The minimum absolute atomic E-state index is 0. The van der Waals surface area contributed by atoms with Crippen molar-refractivity contribution in [2.24, 2.45) is 5.73 Å². The van der Waals surface area contributed by atoms with Gasteiger partial charge in [-0.25, -0.2) is 4.79 Å². The number of ether oxygens (including phenoxy) is 1. The molecule has 2 atom stereocenters. The van der Waals surface area contributed by atoms with E-state index in [1.54, 1.807) is 0 Å². The molecule has 5 heteroatoms. The summed E-state index contributed by atoms with van der Waals surface area (Å²) in [6.07, 6.45) is 6.38. The van der Waals surface area contributed by atoms with Crippen LogP contribution in [0.25, 0.3) is 0 Å². The molecule has 1 aliphatic carbocycles. The Morgan fingerprint density at radius 2 is 1.72 bits per heavy atom. The molecule has 3 N–H and O–H groups in total. The lowest BCUT2D eigenvalue weighted by molar-refractivity contribution is 0.0490. The van der Waals surface area contributed by atoms with E-state index in [1.807, 2.05) is 20.8 Å². The van der Waals surface area contributed by atoms with Crippen LogP contribution >= 0.6 is 12.4 Å². The highest BCUT2D eigenvalue weighted by atomic mass is 35.5. The standard InChI is InChI=1S/C13H26N2O2.ClH/c1-13(2,3)17-12(16)15-11-9-7-5-4-6-8-10(11)14;/h10-11H,4-9,14H2,1-3H3,(H,15,16);1H/t10-,11+;/m0./s1. The van der Waals surface area contributed by atoms with E-state index < -0.39 is 5.60 Å². The average Bonchev–Trinajstić information content (AvgIpc) is 2.15. The van der Waals surface area contributed by atoms with Gasteiger partial charge in [0.1, 0.15) is 5.60 Å². The fourth-order valence-corrected chi connectivity index (χ4v) is 2.15. The Hall–Kier alpha value is -0.480. The van der Waals surface area contributed by atoms with E-state index >= 15 is 0 Å². The van der Waals surface area contributed by atoms with Crippen molar-refractivity contribution in [2.45, 2.75) is 77.0 Å². The number of rotatable bonds is 1. The number of hydrogen-bond acceptors (Lipinski definition) is 3. The molecule has 0 aromatic heterocycles. The van der Waals surface area contributed by atoms with Crippen molar-refractivity contribution >= 4 is 18.5 Å². The number of amides is 1. The second-order valence-corrected chi connectivity index (χ2v) is 5.91. The summed E-state index contributed by atoms with van der Waals surface area (Å²) in [5, 5.41) is 2.91. The van der Waals surface area contributed by atoms with Crippen LogP contribution in [-0.2, 0) is 4.74 Å². The molecule has 0 heterocycles. The molecule has 0 bridgehead atoms. The molecule has 0 unspecified atom stereocenters. The van der Waals surface area contributed by atoms with Crippen LogP contribution in [0, 0.1) is 0 Å². The molecule has 1 rings (SSSR count). The van der Waals surface area contributed by atoms with Gasteiger partial charge in [-0.1, -0.05) is 25.7 Å². The second-order valence-electron chi connectivity index (χ2n) is 5.91. The normalized spacial score (nSPS) is 25.3. The summed E-state index contributed by atoms with van der Waals surface area (Å²) in [7, 11) is 0. The van der Waals surface area contributed by atoms with Gasteiger partial charge in [-0.15, -0.1) is 12.4 Å². The lowest BCUT2D eigenvalue weighted by atomic mass is 9.93. The molecule has 18 heavy (non-hydrogen) atoms. The maximum atomic E-state index is 11.7. The van der Waals surface area contributed by atoms with Crippen LogP contribution in [0.4, 0.5) is 4.79 Å². The first-order chi connectivity index (χ1) is 7.88. The highest BCUT2D eigenvalue weighted by molar-refractivity contribution is 5.85. The second kappa shape index (κ2) is 7.85. The fourth-order valence-electron chi connectivity index (χ4n) is 2.15. The van der Waals surface area contributed by atoms with Crippen LogP contribution in [0.3, 0.4) is 0 Å². The molecule has 0 saturated heterocycles. The van der Waals surface area contributed by atoms with E-state index in [0.717, 1.165) is 25.7 Å². The van der Waals surface area contributed by atoms with Crippen molar-refractivity contribution < 1.29 is 9.53 Å². The summed E-state index contributed by atoms with van der Waals surface area (Å²) < 4.78 is 5.26. The van der Waals surface area contributed by atoms with E-state index in [4.69, 9.17) is 10.5 Å². The molecule has 1 fully saturated rings. The molecule has 4 nitrogen and oxygen atoms in total. The Bertz CT molecular complexity index is 254. The third-order valence-electron chi connectivity index (χ3n) is 3.02. The summed E-state index contributed by atoms with van der Waals surface area (Å²) in [4.78, 5) is 11.7. The highest BCUT2D eigenvalue weighted by Crippen LogP contribution is 2.17. The number of nitrogens with one attached hydrogen (secondary N) is 1. The van der Waals surface area contributed by atoms with Gasteiger partial charge in [0.15, 0.2) is 0 Å². The van der Waals surface area contributed by atoms with Crippen LogP contribution in [0.1, 0.15) is 59.3 Å². The largest absolute Gasteiger partial charge is 0.444 e. The van der Waals surface area contributed by atoms with Gasteiger partial charge in [0.05, 0.1) is 0 Å². The molecule has 0 spiro atoms. The molecular formula is C13H27ClN2O2. The van der Waals surface area contributed by atoms with Crippen LogP contribution in [0.15, 0.2) is 0 Å². The van der Waals surface area contributed by atoms with Gasteiger partial charge in [0, 0.05) is 12.1 Å². The Kier molecular flexibility index (Phi) is 7.64. The topological polar surface area (TPSA) is 64.3 Å². The van der Waals surface area contributed by atoms with Gasteiger partial charge in [-0.3, -0.25) is 0 Å². The molecule has 1 amide bonds. The van der Waals surface area contributed by atoms with Crippen LogP contribution < -0.4 is 11.1 Å². The zero-order chi connectivity index (χ0) is 12.9. The van der Waals surface area contributed by atoms with E-state index in [9.17, 15) is 4.79 Å². The zero-order valence-electron chi connectivity index (χ0n) is 11.7. The fraction of sp³-hybridized carbons (Fsp3) is 0.923. The van der Waals surface area contributed by atoms with E-state index in [2.05, 4.69) is 5.32 Å². The van der Waals surface area contributed by atoms with Gasteiger partial charge in [-0.2, -0.15) is 0 Å². The molecule has 0 aliphatic heterocycles. The summed E-state index contributed by atoms with van der Waals surface area (Å²) >= 11 is 0. The van der Waals surface area contributed by atoms with Gasteiger partial charge in [0.2, 0.25) is 0 Å². The lowest BCUT2D eigenvalue weighted by Crippen LogP contribution is -2.49. The Morgan fingerprint density at radius 1 is 1.17 bits per heavy atom. The number of alkyl carbamates (subject to hydrolysis) is 1. The number of halogens is 1. The first-order valence-corrected chi connectivity index (χ1v) is 6.63. The number of carbonyl (C=O) groups is 1. The monoisotopic (exact) mass is 278 g/mol. The Balaban J connectivity index is 0.00000289. The smallest absolute Gasteiger partial charge is 0.407 e. The molecule has 108 valence electrons. The number of hydrogen-bond donors (Lipinski definition) is 2. The quantitative estimate of drug-likeness (QED) is 0.775. The van der Waals surface area contributed by atoms with Gasteiger partial charge in [0.25, 0.3) is 0 Å². The first kappa shape index (κ1) is 17.5. The number of nitrogens with two attached hydrogens (primary N) is 1. The van der Waals surface area contributed by atoms with E-state index in [0.29, 0.717) is 0 Å². The number of carbonyl (C=O) groups excluding carboxylic acids is 1. The van der Waals surface area contributed by atoms with Gasteiger partial charge < -0.3 is 15.8 Å².